The minimum atomic E-state index is 0.610. The van der Waals surface area contributed by atoms with Crippen LogP contribution < -0.4 is 0 Å². The molecule has 13 rings (SSSR count). The molecule has 0 unspecified atom stereocenters. The molecule has 67 heavy (non-hydrogen) atoms. The molecular weight excluding hydrogens is 813 g/mol. The molecular formula is C63H40N4. The third-order valence-corrected chi connectivity index (χ3v) is 13.2. The maximum absolute atomic E-state index is 5.29. The molecule has 0 aliphatic carbocycles. The number of hydrogen-bond acceptors (Lipinski definition) is 3. The van der Waals surface area contributed by atoms with Crippen molar-refractivity contribution in [2.45, 2.75) is 0 Å². The average Bonchev–Trinajstić information content (AvgIpc) is 3.75. The molecule has 2 heterocycles. The number of para-hydroxylation sites is 3. The lowest BCUT2D eigenvalue weighted by Crippen LogP contribution is -2.00. The van der Waals surface area contributed by atoms with Crippen molar-refractivity contribution in [1.29, 1.82) is 0 Å². The van der Waals surface area contributed by atoms with Gasteiger partial charge in [0.15, 0.2) is 17.5 Å². The summed E-state index contributed by atoms with van der Waals surface area (Å²) in [5, 5.41) is 9.84. The van der Waals surface area contributed by atoms with Crippen molar-refractivity contribution in [2.75, 3.05) is 0 Å². The van der Waals surface area contributed by atoms with Gasteiger partial charge in [-0.3, -0.25) is 0 Å². The largest absolute Gasteiger partial charge is 0.309 e. The Kier molecular flexibility index (Phi) is 9.14. The van der Waals surface area contributed by atoms with Gasteiger partial charge in [-0.1, -0.05) is 206 Å². The molecule has 0 aliphatic heterocycles. The first-order valence-corrected chi connectivity index (χ1v) is 22.8. The highest BCUT2D eigenvalue weighted by atomic mass is 15.0. The highest BCUT2D eigenvalue weighted by Gasteiger charge is 2.19. The Bertz CT molecular complexity index is 4020. The summed E-state index contributed by atoms with van der Waals surface area (Å²) in [6, 6.07) is 86.5. The fourth-order valence-corrected chi connectivity index (χ4v) is 10.1. The van der Waals surface area contributed by atoms with Crippen LogP contribution in [0.5, 0.6) is 0 Å². The lowest BCUT2D eigenvalue weighted by molar-refractivity contribution is 1.07. The van der Waals surface area contributed by atoms with E-state index in [-0.39, 0.29) is 0 Å². The van der Waals surface area contributed by atoms with Crippen LogP contribution in [0.1, 0.15) is 0 Å². The fourth-order valence-electron chi connectivity index (χ4n) is 10.1. The molecule has 2 aromatic heterocycles. The van der Waals surface area contributed by atoms with Gasteiger partial charge in [0.25, 0.3) is 0 Å². The van der Waals surface area contributed by atoms with E-state index in [4.69, 9.17) is 15.0 Å². The Morgan fingerprint density at radius 2 is 0.806 bits per heavy atom. The van der Waals surface area contributed by atoms with E-state index in [1.54, 1.807) is 0 Å². The van der Waals surface area contributed by atoms with E-state index in [1.165, 1.54) is 54.2 Å². The van der Waals surface area contributed by atoms with E-state index in [1.807, 2.05) is 6.07 Å². The average molecular weight is 853 g/mol. The van der Waals surface area contributed by atoms with E-state index >= 15 is 0 Å². The standard InChI is InChI=1S/C63H40N4/c1-3-16-41(17-4-1)45-20-13-22-48(38-45)62-64-61(44-34-32-43(33-35-44)59-52-27-10-8-19-47(52)40-57-51-26-9-7-18-42(51)36-37-55(57)59)65-63(66-62)49-23-14-21-46(39-49)53-29-15-30-56-54-28-11-12-31-58(54)67(60(53)56)50-24-5-2-6-25-50/h1-40H. The van der Waals surface area contributed by atoms with Gasteiger partial charge in [0.05, 0.1) is 11.0 Å². The number of nitrogens with zero attached hydrogens (tertiary/aromatic N) is 4. The summed E-state index contributed by atoms with van der Waals surface area (Å²) in [5.74, 6) is 1.84. The molecule has 11 aromatic carbocycles. The number of benzene rings is 11. The van der Waals surface area contributed by atoms with Crippen LogP contribution in [-0.2, 0) is 0 Å². The van der Waals surface area contributed by atoms with Gasteiger partial charge in [-0.2, -0.15) is 0 Å². The third-order valence-electron chi connectivity index (χ3n) is 13.2. The Morgan fingerprint density at radius 3 is 1.57 bits per heavy atom. The van der Waals surface area contributed by atoms with Crippen molar-refractivity contribution in [1.82, 2.24) is 19.5 Å². The zero-order chi connectivity index (χ0) is 44.3. The normalized spacial score (nSPS) is 11.6. The maximum Gasteiger partial charge on any atom is 0.164 e. The van der Waals surface area contributed by atoms with E-state index in [0.717, 1.165) is 55.7 Å². The summed E-state index contributed by atoms with van der Waals surface area (Å²) in [7, 11) is 0. The quantitative estimate of drug-likeness (QED) is 0.118. The fraction of sp³-hybridized carbons (Fsp3) is 0. The monoisotopic (exact) mass is 852 g/mol. The van der Waals surface area contributed by atoms with Gasteiger partial charge in [0.1, 0.15) is 0 Å². The van der Waals surface area contributed by atoms with Gasteiger partial charge in [-0.15, -0.1) is 0 Å². The predicted octanol–water partition coefficient (Wildman–Crippen LogP) is 16.4. The topological polar surface area (TPSA) is 43.6 Å². The van der Waals surface area contributed by atoms with E-state index in [2.05, 4.69) is 241 Å². The Balaban J connectivity index is 0.974. The SMILES string of the molecule is c1ccc(-c2cccc(-c3nc(-c4ccc(-c5c6ccccc6cc6c5ccc5ccccc56)cc4)nc(-c4cccc(-c5cccc6c7ccccc7n(-c7ccccc7)c56)c4)n3)c2)cc1. The Hall–Kier alpha value is -8.99. The van der Waals surface area contributed by atoms with Crippen molar-refractivity contribution in [3.63, 3.8) is 0 Å². The highest BCUT2D eigenvalue weighted by molar-refractivity contribution is 6.20. The Morgan fingerprint density at radius 1 is 0.269 bits per heavy atom. The van der Waals surface area contributed by atoms with Gasteiger partial charge in [0.2, 0.25) is 0 Å². The molecule has 312 valence electrons. The molecule has 0 atom stereocenters. The summed E-state index contributed by atoms with van der Waals surface area (Å²) in [6.45, 7) is 0. The summed E-state index contributed by atoms with van der Waals surface area (Å²) in [6.07, 6.45) is 0. The maximum atomic E-state index is 5.29. The summed E-state index contributed by atoms with van der Waals surface area (Å²) in [4.78, 5) is 15.8. The van der Waals surface area contributed by atoms with Crippen LogP contribution in [0.3, 0.4) is 0 Å². The minimum Gasteiger partial charge on any atom is -0.309 e. The lowest BCUT2D eigenvalue weighted by Gasteiger charge is -2.15. The molecule has 0 N–H and O–H groups in total. The van der Waals surface area contributed by atoms with Crippen LogP contribution >= 0.6 is 0 Å². The van der Waals surface area contributed by atoms with Crippen molar-refractivity contribution in [2.24, 2.45) is 0 Å². The smallest absolute Gasteiger partial charge is 0.164 e. The summed E-state index contributed by atoms with van der Waals surface area (Å²) in [5.41, 5.74) is 13.0. The van der Waals surface area contributed by atoms with Gasteiger partial charge < -0.3 is 4.57 Å². The second-order valence-corrected chi connectivity index (χ2v) is 17.2. The van der Waals surface area contributed by atoms with Crippen molar-refractivity contribution in [3.05, 3.63) is 243 Å². The zero-order valence-electron chi connectivity index (χ0n) is 36.4. The van der Waals surface area contributed by atoms with Gasteiger partial charge in [0, 0.05) is 38.7 Å². The first kappa shape index (κ1) is 38.5. The van der Waals surface area contributed by atoms with Crippen molar-refractivity contribution < 1.29 is 0 Å². The van der Waals surface area contributed by atoms with Gasteiger partial charge in [-0.05, 0) is 96.5 Å². The number of rotatable bonds is 7. The van der Waals surface area contributed by atoms with Gasteiger partial charge in [-0.25, -0.2) is 15.0 Å². The molecule has 0 radical (unpaired) electrons. The number of fused-ring (bicyclic) bond motifs is 7. The van der Waals surface area contributed by atoms with E-state index < -0.39 is 0 Å². The number of hydrogen-bond donors (Lipinski definition) is 0. The first-order chi connectivity index (χ1) is 33.2. The molecule has 4 nitrogen and oxygen atoms in total. The number of aromatic nitrogens is 4. The molecule has 13 aromatic rings. The first-order valence-electron chi connectivity index (χ1n) is 22.8. The summed E-state index contributed by atoms with van der Waals surface area (Å²) < 4.78 is 2.39. The lowest BCUT2D eigenvalue weighted by atomic mass is 9.89. The highest BCUT2D eigenvalue weighted by Crippen LogP contribution is 2.42. The second-order valence-electron chi connectivity index (χ2n) is 17.2. The molecule has 0 amide bonds. The van der Waals surface area contributed by atoms with Crippen LogP contribution in [0.4, 0.5) is 0 Å². The minimum absolute atomic E-state index is 0.610. The summed E-state index contributed by atoms with van der Waals surface area (Å²) >= 11 is 0. The Labute approximate surface area is 387 Å². The molecule has 0 fully saturated rings. The molecule has 0 bridgehead atoms. The molecule has 4 heteroatoms. The van der Waals surface area contributed by atoms with Crippen molar-refractivity contribution in [3.8, 4) is 73.2 Å². The van der Waals surface area contributed by atoms with Crippen molar-refractivity contribution >= 4 is 54.1 Å². The molecule has 0 saturated heterocycles. The van der Waals surface area contributed by atoms with Crippen LogP contribution in [0.2, 0.25) is 0 Å². The molecule has 0 aliphatic rings. The van der Waals surface area contributed by atoms with Crippen LogP contribution in [0.15, 0.2) is 243 Å². The zero-order valence-corrected chi connectivity index (χ0v) is 36.4. The second kappa shape index (κ2) is 15.9. The van der Waals surface area contributed by atoms with Crippen LogP contribution in [0.25, 0.3) is 127 Å². The molecule has 0 saturated carbocycles. The van der Waals surface area contributed by atoms with E-state index in [9.17, 15) is 0 Å². The van der Waals surface area contributed by atoms with Crippen LogP contribution in [-0.4, -0.2) is 19.5 Å². The molecule has 0 spiro atoms. The van der Waals surface area contributed by atoms with Gasteiger partial charge >= 0.3 is 0 Å². The van der Waals surface area contributed by atoms with E-state index in [0.29, 0.717) is 17.5 Å². The predicted molar refractivity (Wildman–Crippen MR) is 279 cm³/mol. The third kappa shape index (κ3) is 6.65. The van der Waals surface area contributed by atoms with Crippen LogP contribution in [0, 0.1) is 0 Å².